The topological polar surface area (TPSA) is 100 Å². The summed E-state index contributed by atoms with van der Waals surface area (Å²) in [5, 5.41) is 18.2. The number of methoxy groups -OCH3 is 1. The van der Waals surface area contributed by atoms with Crippen LogP contribution < -0.4 is 15.5 Å². The number of hydrogen-bond donors (Lipinski definition) is 3. The summed E-state index contributed by atoms with van der Waals surface area (Å²) in [5.41, 5.74) is 2.90. The van der Waals surface area contributed by atoms with Crippen LogP contribution in [0.3, 0.4) is 0 Å². The third-order valence-electron chi connectivity index (χ3n) is 3.92. The largest absolute Gasteiger partial charge is 0.507 e. The van der Waals surface area contributed by atoms with Gasteiger partial charge in [0.1, 0.15) is 11.5 Å². The highest BCUT2D eigenvalue weighted by Crippen LogP contribution is 2.27. The molecular weight excluding hydrogens is 382 g/mol. The number of anilines is 1. The molecule has 0 heterocycles. The molecule has 3 aromatic rings. The van der Waals surface area contributed by atoms with E-state index in [9.17, 15) is 14.7 Å². The molecule has 0 aliphatic rings. The van der Waals surface area contributed by atoms with Crippen molar-refractivity contribution in [3.63, 3.8) is 0 Å². The third kappa shape index (κ3) is 4.21. The monoisotopic (exact) mass is 397 g/mol. The Hall–Kier alpha value is -3.58. The zero-order chi connectivity index (χ0) is 20.1. The Balaban J connectivity index is 1.68. The van der Waals surface area contributed by atoms with E-state index in [1.54, 1.807) is 18.2 Å². The van der Waals surface area contributed by atoms with Gasteiger partial charge in [0, 0.05) is 11.3 Å². The second-order valence-corrected chi connectivity index (χ2v) is 6.13. The fourth-order valence-electron chi connectivity index (χ4n) is 2.56. The fourth-order valence-corrected chi connectivity index (χ4v) is 2.82. The molecule has 8 heteroatoms. The number of carbonyl (C=O) groups is 2. The highest BCUT2D eigenvalue weighted by atomic mass is 35.5. The molecule has 3 rings (SSSR count). The summed E-state index contributed by atoms with van der Waals surface area (Å²) in [4.78, 5) is 23.9. The van der Waals surface area contributed by atoms with Gasteiger partial charge in [-0.05, 0) is 35.0 Å². The number of phenols is 1. The van der Waals surface area contributed by atoms with E-state index in [1.807, 2.05) is 24.3 Å². The van der Waals surface area contributed by atoms with Crippen LogP contribution in [0.2, 0.25) is 5.02 Å². The molecule has 0 aliphatic heterocycles. The summed E-state index contributed by atoms with van der Waals surface area (Å²) in [5.74, 6) is -1.43. The molecule has 0 unspecified atom stereocenters. The molecule has 0 fully saturated rings. The van der Waals surface area contributed by atoms with Crippen LogP contribution in [-0.2, 0) is 9.59 Å². The highest BCUT2D eigenvalue weighted by Gasteiger charge is 2.14. The maximum Gasteiger partial charge on any atom is 0.329 e. The first kappa shape index (κ1) is 19.2. The summed E-state index contributed by atoms with van der Waals surface area (Å²) < 4.78 is 5.02. The Morgan fingerprint density at radius 2 is 1.89 bits per heavy atom. The minimum Gasteiger partial charge on any atom is -0.507 e. The molecule has 3 N–H and O–H groups in total. The number of phenolic OH excluding ortho intramolecular Hbond substituents is 1. The van der Waals surface area contributed by atoms with Gasteiger partial charge < -0.3 is 15.2 Å². The molecule has 0 spiro atoms. The number of fused-ring (bicyclic) bond motifs is 1. The van der Waals surface area contributed by atoms with Gasteiger partial charge in [-0.25, -0.2) is 5.43 Å². The Morgan fingerprint density at radius 1 is 1.11 bits per heavy atom. The van der Waals surface area contributed by atoms with Crippen molar-refractivity contribution >= 4 is 46.1 Å². The number of carbonyl (C=O) groups excluding carboxylic acids is 2. The molecule has 0 saturated heterocycles. The van der Waals surface area contributed by atoms with Crippen molar-refractivity contribution in [2.45, 2.75) is 0 Å². The first-order chi connectivity index (χ1) is 13.5. The number of nitrogens with zero attached hydrogens (tertiary/aromatic N) is 1. The first-order valence-electron chi connectivity index (χ1n) is 8.18. The van der Waals surface area contributed by atoms with Crippen LogP contribution >= 0.6 is 11.6 Å². The van der Waals surface area contributed by atoms with Gasteiger partial charge in [0.15, 0.2) is 0 Å². The van der Waals surface area contributed by atoms with Crippen LogP contribution in [0.1, 0.15) is 5.56 Å². The highest BCUT2D eigenvalue weighted by molar-refractivity contribution is 6.40. The van der Waals surface area contributed by atoms with Crippen molar-refractivity contribution < 1.29 is 19.4 Å². The fraction of sp³-hybridized carbons (Fsp3) is 0.0500. The summed E-state index contributed by atoms with van der Waals surface area (Å²) in [6.45, 7) is 0. The Labute approximate surface area is 165 Å². The standard InChI is InChI=1S/C20H16ClN3O4/c1-28-18-9-7-13(10-16(18)21)23-19(26)20(27)24-22-11-15-14-5-3-2-4-12(14)6-8-17(15)25/h2-11,25H,1H3,(H,23,26)(H,24,27). The molecule has 28 heavy (non-hydrogen) atoms. The number of aromatic hydroxyl groups is 1. The number of ether oxygens (including phenoxy) is 1. The van der Waals surface area contributed by atoms with Gasteiger partial charge in [0.25, 0.3) is 0 Å². The normalized spacial score (nSPS) is 10.8. The zero-order valence-corrected chi connectivity index (χ0v) is 15.5. The van der Waals surface area contributed by atoms with Crippen LogP contribution in [-0.4, -0.2) is 30.2 Å². The SMILES string of the molecule is COc1ccc(NC(=O)C(=O)NN=Cc2c(O)ccc3ccccc23)cc1Cl. The molecule has 2 amide bonds. The minimum absolute atomic E-state index is 0.00836. The van der Waals surface area contributed by atoms with Crippen LogP contribution in [0.5, 0.6) is 11.5 Å². The molecule has 142 valence electrons. The zero-order valence-electron chi connectivity index (χ0n) is 14.8. The maximum absolute atomic E-state index is 12.0. The second-order valence-electron chi connectivity index (χ2n) is 5.72. The summed E-state index contributed by atoms with van der Waals surface area (Å²) in [6.07, 6.45) is 1.28. The number of rotatable bonds is 4. The smallest absolute Gasteiger partial charge is 0.329 e. The Morgan fingerprint density at radius 3 is 2.64 bits per heavy atom. The van der Waals surface area contributed by atoms with E-state index >= 15 is 0 Å². The van der Waals surface area contributed by atoms with Crippen molar-refractivity contribution in [2.75, 3.05) is 12.4 Å². The summed E-state index contributed by atoms with van der Waals surface area (Å²) in [7, 11) is 1.47. The van der Waals surface area contributed by atoms with Crippen molar-refractivity contribution in [1.29, 1.82) is 0 Å². The van der Waals surface area contributed by atoms with Gasteiger partial charge in [-0.1, -0.05) is 41.9 Å². The molecule has 0 aliphatic carbocycles. The quantitative estimate of drug-likeness (QED) is 0.357. The number of hydrazone groups is 1. The molecule has 7 nitrogen and oxygen atoms in total. The van der Waals surface area contributed by atoms with Crippen LogP contribution in [0, 0.1) is 0 Å². The van der Waals surface area contributed by atoms with Crippen molar-refractivity contribution in [3.05, 3.63) is 65.2 Å². The molecule has 0 atom stereocenters. The number of halogens is 1. The van der Waals surface area contributed by atoms with E-state index in [4.69, 9.17) is 16.3 Å². The van der Waals surface area contributed by atoms with Gasteiger partial charge in [0.2, 0.25) is 0 Å². The predicted molar refractivity (Wildman–Crippen MR) is 108 cm³/mol. The lowest BCUT2D eigenvalue weighted by atomic mass is 10.0. The van der Waals surface area contributed by atoms with Crippen molar-refractivity contribution in [2.24, 2.45) is 5.10 Å². The van der Waals surface area contributed by atoms with Gasteiger partial charge in [0.05, 0.1) is 18.3 Å². The first-order valence-corrected chi connectivity index (χ1v) is 8.56. The lowest BCUT2D eigenvalue weighted by Crippen LogP contribution is -2.32. The van der Waals surface area contributed by atoms with E-state index in [2.05, 4.69) is 15.8 Å². The lowest BCUT2D eigenvalue weighted by Gasteiger charge is -2.07. The predicted octanol–water partition coefficient (Wildman–Crippen LogP) is 3.30. The van der Waals surface area contributed by atoms with Gasteiger partial charge in [-0.2, -0.15) is 5.10 Å². The molecule has 0 radical (unpaired) electrons. The average molecular weight is 398 g/mol. The van der Waals surface area contributed by atoms with E-state index in [1.165, 1.54) is 25.5 Å². The van der Waals surface area contributed by atoms with Crippen LogP contribution in [0.25, 0.3) is 10.8 Å². The van der Waals surface area contributed by atoms with Gasteiger partial charge in [-0.15, -0.1) is 0 Å². The van der Waals surface area contributed by atoms with E-state index in [0.29, 0.717) is 22.0 Å². The van der Waals surface area contributed by atoms with E-state index in [0.717, 1.165) is 10.8 Å². The maximum atomic E-state index is 12.0. The number of benzene rings is 3. The van der Waals surface area contributed by atoms with Crippen LogP contribution in [0.4, 0.5) is 5.69 Å². The van der Waals surface area contributed by atoms with Crippen molar-refractivity contribution in [1.82, 2.24) is 5.43 Å². The Kier molecular flexibility index (Phi) is 5.76. The lowest BCUT2D eigenvalue weighted by molar-refractivity contribution is -0.136. The van der Waals surface area contributed by atoms with Crippen molar-refractivity contribution in [3.8, 4) is 11.5 Å². The van der Waals surface area contributed by atoms with Gasteiger partial charge >= 0.3 is 11.8 Å². The number of amides is 2. The van der Waals surface area contributed by atoms with Gasteiger partial charge in [-0.3, -0.25) is 9.59 Å². The van der Waals surface area contributed by atoms with E-state index < -0.39 is 11.8 Å². The second kappa shape index (κ2) is 8.41. The summed E-state index contributed by atoms with van der Waals surface area (Å²) in [6, 6.07) is 15.3. The Bertz CT molecular complexity index is 1080. The summed E-state index contributed by atoms with van der Waals surface area (Å²) >= 11 is 5.98. The average Bonchev–Trinajstić information content (AvgIpc) is 2.69. The van der Waals surface area contributed by atoms with E-state index in [-0.39, 0.29) is 5.75 Å². The number of hydrogen-bond acceptors (Lipinski definition) is 5. The molecule has 0 bridgehead atoms. The molecule has 3 aromatic carbocycles. The number of nitrogens with one attached hydrogen (secondary N) is 2. The molecule has 0 aromatic heterocycles. The minimum atomic E-state index is -0.970. The third-order valence-corrected chi connectivity index (χ3v) is 4.22. The van der Waals surface area contributed by atoms with Crippen LogP contribution in [0.15, 0.2) is 59.7 Å². The molecule has 0 saturated carbocycles. The molecular formula is C20H16ClN3O4.